The molecule has 0 aromatic heterocycles. The van der Waals surface area contributed by atoms with Crippen LogP contribution in [0, 0.1) is 0 Å². The lowest BCUT2D eigenvalue weighted by atomic mass is 10.2. The van der Waals surface area contributed by atoms with Crippen LogP contribution < -0.4 is 20.3 Å². The van der Waals surface area contributed by atoms with E-state index in [4.69, 9.17) is 9.47 Å². The minimum atomic E-state index is 0.122. The van der Waals surface area contributed by atoms with Crippen LogP contribution in [0.1, 0.15) is 18.1 Å². The fraction of sp³-hybridized carbons (Fsp3) is 0.294. The Hall–Kier alpha value is -2.44. The molecule has 2 aromatic carbocycles. The highest BCUT2D eigenvalue weighted by Gasteiger charge is 2.04. The molecule has 0 saturated carbocycles. The maximum Gasteiger partial charge on any atom is 0.161 e. The van der Waals surface area contributed by atoms with Gasteiger partial charge in [-0.2, -0.15) is 0 Å². The summed E-state index contributed by atoms with van der Waals surface area (Å²) in [6.07, 6.45) is 0. The second-order valence-corrected chi connectivity index (χ2v) is 4.95. The van der Waals surface area contributed by atoms with Gasteiger partial charge in [-0.25, -0.2) is 0 Å². The SMILES string of the molecule is CCOc1cc(CNNCc2ccc(O)c(OC)c2)ccc1O. The fourth-order valence-corrected chi connectivity index (χ4v) is 2.10. The third-order valence-corrected chi connectivity index (χ3v) is 3.28. The molecule has 6 nitrogen and oxygen atoms in total. The van der Waals surface area contributed by atoms with Crippen molar-refractivity contribution in [2.24, 2.45) is 0 Å². The molecule has 0 saturated heterocycles. The summed E-state index contributed by atoms with van der Waals surface area (Å²) in [5, 5.41) is 19.2. The van der Waals surface area contributed by atoms with E-state index >= 15 is 0 Å². The average Bonchev–Trinajstić information content (AvgIpc) is 2.56. The third kappa shape index (κ3) is 4.77. The van der Waals surface area contributed by atoms with Gasteiger partial charge in [0.2, 0.25) is 0 Å². The van der Waals surface area contributed by atoms with Crippen molar-refractivity contribution in [3.8, 4) is 23.0 Å². The standard InChI is InChI=1S/C17H22N2O4/c1-3-23-17-9-13(5-7-15(17)21)11-19-18-10-12-4-6-14(20)16(8-12)22-2/h4-9,18-21H,3,10-11H2,1-2H3. The van der Waals surface area contributed by atoms with Crippen molar-refractivity contribution >= 4 is 0 Å². The van der Waals surface area contributed by atoms with E-state index in [9.17, 15) is 10.2 Å². The molecule has 0 unspecified atom stereocenters. The van der Waals surface area contributed by atoms with Crippen LogP contribution >= 0.6 is 0 Å². The first-order valence-electron chi connectivity index (χ1n) is 7.40. The number of ether oxygens (including phenoxy) is 2. The van der Waals surface area contributed by atoms with Gasteiger partial charge in [0.1, 0.15) is 0 Å². The molecule has 4 N–H and O–H groups in total. The maximum atomic E-state index is 9.66. The molecule has 0 radical (unpaired) electrons. The Morgan fingerprint density at radius 2 is 1.39 bits per heavy atom. The van der Waals surface area contributed by atoms with Gasteiger partial charge in [-0.05, 0) is 42.3 Å². The number of rotatable bonds is 8. The Kier molecular flexibility index (Phi) is 6.08. The highest BCUT2D eigenvalue weighted by molar-refractivity contribution is 5.42. The Morgan fingerprint density at radius 1 is 0.870 bits per heavy atom. The van der Waals surface area contributed by atoms with E-state index in [0.717, 1.165) is 11.1 Å². The summed E-state index contributed by atoms with van der Waals surface area (Å²) in [7, 11) is 1.52. The summed E-state index contributed by atoms with van der Waals surface area (Å²) in [6.45, 7) is 3.53. The van der Waals surface area contributed by atoms with Crippen LogP contribution in [0.4, 0.5) is 0 Å². The highest BCUT2D eigenvalue weighted by atomic mass is 16.5. The van der Waals surface area contributed by atoms with Crippen LogP contribution in [0.15, 0.2) is 36.4 Å². The molecule has 2 aromatic rings. The third-order valence-electron chi connectivity index (χ3n) is 3.28. The van der Waals surface area contributed by atoms with E-state index in [1.807, 2.05) is 19.1 Å². The summed E-state index contributed by atoms with van der Waals surface area (Å²) in [6, 6.07) is 10.4. The number of hydrogen-bond donors (Lipinski definition) is 4. The van der Waals surface area contributed by atoms with Gasteiger partial charge < -0.3 is 19.7 Å². The second kappa shape index (κ2) is 8.26. The average molecular weight is 318 g/mol. The van der Waals surface area contributed by atoms with Crippen molar-refractivity contribution in [1.29, 1.82) is 0 Å². The topological polar surface area (TPSA) is 83.0 Å². The molecule has 0 amide bonds. The number of phenolic OH excluding ortho intramolecular Hbond substituents is 2. The van der Waals surface area contributed by atoms with Crippen LogP contribution in [-0.2, 0) is 13.1 Å². The summed E-state index contributed by atoms with van der Waals surface area (Å²) in [5.74, 6) is 1.19. The smallest absolute Gasteiger partial charge is 0.161 e. The molecule has 0 heterocycles. The summed E-state index contributed by atoms with van der Waals surface area (Å²) in [5.41, 5.74) is 8.16. The minimum Gasteiger partial charge on any atom is -0.504 e. The lowest BCUT2D eigenvalue weighted by Gasteiger charge is -2.11. The van der Waals surface area contributed by atoms with E-state index in [1.165, 1.54) is 7.11 Å². The zero-order valence-corrected chi connectivity index (χ0v) is 13.3. The quantitative estimate of drug-likeness (QED) is 0.442. The molecule has 2 rings (SSSR count). The van der Waals surface area contributed by atoms with E-state index in [-0.39, 0.29) is 11.5 Å². The molecule has 0 atom stereocenters. The van der Waals surface area contributed by atoms with Crippen molar-refractivity contribution in [3.05, 3.63) is 47.5 Å². The van der Waals surface area contributed by atoms with Crippen molar-refractivity contribution in [3.63, 3.8) is 0 Å². The van der Waals surface area contributed by atoms with Gasteiger partial charge in [0.25, 0.3) is 0 Å². The lowest BCUT2D eigenvalue weighted by molar-refractivity contribution is 0.317. The second-order valence-electron chi connectivity index (χ2n) is 4.95. The fourth-order valence-electron chi connectivity index (χ4n) is 2.10. The number of benzene rings is 2. The van der Waals surface area contributed by atoms with Crippen LogP contribution in [0.5, 0.6) is 23.0 Å². The number of hydrazine groups is 1. The van der Waals surface area contributed by atoms with Gasteiger partial charge in [0.15, 0.2) is 23.0 Å². The zero-order chi connectivity index (χ0) is 16.7. The van der Waals surface area contributed by atoms with Crippen molar-refractivity contribution < 1.29 is 19.7 Å². The summed E-state index contributed by atoms with van der Waals surface area (Å²) >= 11 is 0. The largest absolute Gasteiger partial charge is 0.504 e. The molecule has 0 fully saturated rings. The van der Waals surface area contributed by atoms with E-state index in [2.05, 4.69) is 10.9 Å². The Labute approximate surface area is 135 Å². The van der Waals surface area contributed by atoms with E-state index in [1.54, 1.807) is 24.3 Å². The molecule has 0 aliphatic rings. The van der Waals surface area contributed by atoms with E-state index < -0.39 is 0 Å². The first-order valence-corrected chi connectivity index (χ1v) is 7.40. The molecule has 124 valence electrons. The molecule has 0 spiro atoms. The zero-order valence-electron chi connectivity index (χ0n) is 13.3. The molecular weight excluding hydrogens is 296 g/mol. The number of aromatic hydroxyl groups is 2. The molecule has 23 heavy (non-hydrogen) atoms. The first kappa shape index (κ1) is 16.9. The van der Waals surface area contributed by atoms with E-state index in [0.29, 0.717) is 31.2 Å². The number of methoxy groups -OCH3 is 1. The first-order chi connectivity index (χ1) is 11.1. The normalized spacial score (nSPS) is 10.5. The molecule has 6 heteroatoms. The van der Waals surface area contributed by atoms with Gasteiger partial charge in [0, 0.05) is 13.1 Å². The maximum absolute atomic E-state index is 9.66. The Balaban J connectivity index is 1.84. The van der Waals surface area contributed by atoms with Crippen LogP contribution in [-0.4, -0.2) is 23.9 Å². The highest BCUT2D eigenvalue weighted by Crippen LogP contribution is 2.27. The molecule has 0 bridgehead atoms. The van der Waals surface area contributed by atoms with Crippen molar-refractivity contribution in [2.45, 2.75) is 20.0 Å². The Morgan fingerprint density at radius 3 is 1.91 bits per heavy atom. The van der Waals surface area contributed by atoms with Crippen LogP contribution in [0.3, 0.4) is 0 Å². The molecule has 0 aliphatic heterocycles. The van der Waals surface area contributed by atoms with Crippen molar-refractivity contribution in [1.82, 2.24) is 10.9 Å². The van der Waals surface area contributed by atoms with Gasteiger partial charge in [-0.15, -0.1) is 0 Å². The minimum absolute atomic E-state index is 0.122. The van der Waals surface area contributed by atoms with Gasteiger partial charge >= 0.3 is 0 Å². The van der Waals surface area contributed by atoms with Gasteiger partial charge in [-0.3, -0.25) is 10.9 Å². The van der Waals surface area contributed by atoms with Crippen molar-refractivity contribution in [2.75, 3.05) is 13.7 Å². The lowest BCUT2D eigenvalue weighted by Crippen LogP contribution is -2.30. The predicted octanol–water partition coefficient (Wildman–Crippen LogP) is 2.30. The predicted molar refractivity (Wildman–Crippen MR) is 87.6 cm³/mol. The molecular formula is C17H22N2O4. The number of hydrogen-bond acceptors (Lipinski definition) is 6. The van der Waals surface area contributed by atoms with Gasteiger partial charge in [0.05, 0.1) is 13.7 Å². The van der Waals surface area contributed by atoms with Crippen LogP contribution in [0.2, 0.25) is 0 Å². The summed E-state index contributed by atoms with van der Waals surface area (Å²) < 4.78 is 10.4. The number of nitrogens with one attached hydrogen (secondary N) is 2. The van der Waals surface area contributed by atoms with Gasteiger partial charge in [-0.1, -0.05) is 12.1 Å². The molecule has 0 aliphatic carbocycles. The Bertz CT molecular complexity index is 646. The van der Waals surface area contributed by atoms with Crippen LogP contribution in [0.25, 0.3) is 0 Å². The monoisotopic (exact) mass is 318 g/mol. The summed E-state index contributed by atoms with van der Waals surface area (Å²) in [4.78, 5) is 0. The number of phenols is 2.